The standard InChI is InChI=1S/C34H51NO4/c1-9-12-13-14-15-16-20-26-34(8,38-31-24-18-17-19-25-31)39-35(10-2,32(36)37-11-3)33(6,7)30-23-21-22-29(27-30)28(4)5/h17-19,21-25,27H,4,8-16,20,26H2,1-3,5-7H3/q+1. The van der Waals surface area contributed by atoms with Gasteiger partial charge in [0.25, 0.3) is 5.79 Å². The molecule has 1 radical (unpaired) electrons. The summed E-state index contributed by atoms with van der Waals surface area (Å²) >= 11 is 0. The third-order valence-electron chi connectivity index (χ3n) is 7.50. The minimum atomic E-state index is -1.31. The fourth-order valence-corrected chi connectivity index (χ4v) is 5.02. The Hall–Kier alpha value is -2.63. The number of unbranched alkanes of at least 4 members (excludes halogenated alkanes) is 6. The highest BCUT2D eigenvalue weighted by atomic mass is 16.9. The Kier molecular flexibility index (Phi) is 12.7. The molecule has 5 nitrogen and oxygen atoms in total. The number of allylic oxidation sites excluding steroid dienone is 1. The number of para-hydroxylation sites is 1. The average Bonchev–Trinajstić information content (AvgIpc) is 2.92. The predicted molar refractivity (Wildman–Crippen MR) is 161 cm³/mol. The lowest BCUT2D eigenvalue weighted by molar-refractivity contribution is -1.10. The summed E-state index contributed by atoms with van der Waals surface area (Å²) in [6.07, 6.45) is 8.16. The molecule has 0 N–H and O–H groups in total. The molecule has 0 aliphatic carbocycles. The van der Waals surface area contributed by atoms with E-state index >= 15 is 0 Å². The lowest BCUT2D eigenvalue weighted by Gasteiger charge is -2.47. The fourth-order valence-electron chi connectivity index (χ4n) is 5.02. The van der Waals surface area contributed by atoms with Gasteiger partial charge in [0.2, 0.25) is 0 Å². The van der Waals surface area contributed by atoms with Crippen LogP contribution in [0.1, 0.15) is 104 Å². The Morgan fingerprint density at radius 1 is 0.897 bits per heavy atom. The first-order valence-corrected chi connectivity index (χ1v) is 14.7. The smallest absolute Gasteiger partial charge is 0.456 e. The first kappa shape index (κ1) is 32.6. The molecule has 5 heteroatoms. The van der Waals surface area contributed by atoms with Crippen molar-refractivity contribution in [2.75, 3.05) is 13.2 Å². The van der Waals surface area contributed by atoms with Gasteiger partial charge in [-0.2, -0.15) is 4.79 Å². The number of nitrogens with zero attached hydrogens (tertiary/aromatic N) is 1. The Bertz CT molecular complexity index is 1030. The van der Waals surface area contributed by atoms with Gasteiger partial charge in [-0.1, -0.05) is 98.6 Å². The van der Waals surface area contributed by atoms with Gasteiger partial charge in [-0.3, -0.25) is 0 Å². The molecular formula is C34H51NO4+. The van der Waals surface area contributed by atoms with Crippen LogP contribution in [-0.2, 0) is 15.1 Å². The van der Waals surface area contributed by atoms with Crippen LogP contribution in [0.4, 0.5) is 4.79 Å². The maximum atomic E-state index is 13.9. The monoisotopic (exact) mass is 537 g/mol. The highest BCUT2D eigenvalue weighted by Gasteiger charge is 2.58. The second-order valence-corrected chi connectivity index (χ2v) is 11.0. The SMILES string of the molecule is [CH2]C(CCCCCCCCC)(Oc1ccccc1)O[N+](CC)(C(=O)OCC)C(C)(C)c1cccc(C(=C)C)c1. The second-order valence-electron chi connectivity index (χ2n) is 11.0. The Morgan fingerprint density at radius 2 is 1.54 bits per heavy atom. The van der Waals surface area contributed by atoms with E-state index in [1.807, 2.05) is 83.1 Å². The van der Waals surface area contributed by atoms with Crippen molar-refractivity contribution in [2.45, 2.75) is 104 Å². The van der Waals surface area contributed by atoms with Gasteiger partial charge in [-0.25, -0.2) is 0 Å². The van der Waals surface area contributed by atoms with E-state index in [0.29, 0.717) is 18.7 Å². The highest BCUT2D eigenvalue weighted by molar-refractivity contribution is 5.63. The van der Waals surface area contributed by atoms with E-state index in [1.54, 1.807) is 0 Å². The van der Waals surface area contributed by atoms with Gasteiger partial charge >= 0.3 is 6.09 Å². The van der Waals surface area contributed by atoms with Crippen molar-refractivity contribution in [3.05, 3.63) is 79.2 Å². The number of carbonyl (C=O) groups excluding carboxylic acids is 1. The van der Waals surface area contributed by atoms with Crippen LogP contribution < -0.4 is 4.74 Å². The maximum Gasteiger partial charge on any atom is 0.550 e. The van der Waals surface area contributed by atoms with Crippen molar-refractivity contribution in [3.63, 3.8) is 0 Å². The molecule has 2 rings (SSSR count). The largest absolute Gasteiger partial charge is 0.550 e. The van der Waals surface area contributed by atoms with Crippen molar-refractivity contribution < 1.29 is 23.8 Å². The number of carbonyl (C=O) groups is 1. The van der Waals surface area contributed by atoms with Crippen LogP contribution >= 0.6 is 0 Å². The fraction of sp³-hybridized carbons (Fsp3) is 0.529. The molecule has 0 aliphatic rings. The molecule has 0 aliphatic heterocycles. The number of rotatable bonds is 17. The third-order valence-corrected chi connectivity index (χ3v) is 7.50. The molecule has 2 unspecified atom stereocenters. The molecule has 0 saturated heterocycles. The summed E-state index contributed by atoms with van der Waals surface area (Å²) in [7, 11) is 0. The average molecular weight is 538 g/mol. The normalized spacial score (nSPS) is 14.7. The van der Waals surface area contributed by atoms with Crippen molar-refractivity contribution in [3.8, 4) is 5.75 Å². The van der Waals surface area contributed by atoms with E-state index < -0.39 is 22.1 Å². The van der Waals surface area contributed by atoms with Gasteiger partial charge in [0.1, 0.15) is 12.3 Å². The van der Waals surface area contributed by atoms with Gasteiger partial charge in [-0.05, 0) is 64.8 Å². The van der Waals surface area contributed by atoms with Crippen LogP contribution in [0, 0.1) is 6.92 Å². The number of hydroxylamine groups is 3. The molecule has 0 bridgehead atoms. The quantitative estimate of drug-likeness (QED) is 0.0872. The zero-order chi connectivity index (χ0) is 28.9. The van der Waals surface area contributed by atoms with Crippen LogP contribution in [0.25, 0.3) is 5.57 Å². The van der Waals surface area contributed by atoms with Crippen molar-refractivity contribution >= 4 is 11.7 Å². The zero-order valence-corrected chi connectivity index (χ0v) is 25.3. The highest BCUT2D eigenvalue weighted by Crippen LogP contribution is 2.41. The zero-order valence-electron chi connectivity index (χ0n) is 25.3. The Balaban J connectivity index is 2.48. The molecule has 215 valence electrons. The summed E-state index contributed by atoms with van der Waals surface area (Å²) in [5.74, 6) is -0.660. The second kappa shape index (κ2) is 15.2. The molecular weight excluding hydrogens is 486 g/mol. The van der Waals surface area contributed by atoms with Crippen LogP contribution in [-0.4, -0.2) is 29.7 Å². The molecule has 0 aromatic heterocycles. The number of ether oxygens (including phenoxy) is 2. The third kappa shape index (κ3) is 8.68. The van der Waals surface area contributed by atoms with E-state index in [0.717, 1.165) is 36.0 Å². The summed E-state index contributed by atoms with van der Waals surface area (Å²) in [5, 5.41) is 0. The topological polar surface area (TPSA) is 44.8 Å². The minimum Gasteiger partial charge on any atom is -0.456 e. The van der Waals surface area contributed by atoms with E-state index in [4.69, 9.17) is 14.3 Å². The number of quaternary nitrogens is 1. The number of benzene rings is 2. The summed E-state index contributed by atoms with van der Waals surface area (Å²) in [6.45, 7) is 21.1. The Morgan fingerprint density at radius 3 is 2.13 bits per heavy atom. The first-order chi connectivity index (χ1) is 18.5. The first-order valence-electron chi connectivity index (χ1n) is 14.7. The lowest BCUT2D eigenvalue weighted by atomic mass is 9.89. The van der Waals surface area contributed by atoms with Crippen molar-refractivity contribution in [1.29, 1.82) is 0 Å². The molecule has 0 heterocycles. The molecule has 0 spiro atoms. The van der Waals surface area contributed by atoms with Crippen molar-refractivity contribution in [1.82, 2.24) is 0 Å². The van der Waals surface area contributed by atoms with Gasteiger partial charge in [0.05, 0.1) is 6.61 Å². The molecule has 2 atom stereocenters. The summed E-state index contributed by atoms with van der Waals surface area (Å²) in [4.78, 5) is 20.7. The summed E-state index contributed by atoms with van der Waals surface area (Å²) in [5.41, 5.74) is 2.09. The minimum absolute atomic E-state index is 0.242. The molecule has 2 aromatic carbocycles. The van der Waals surface area contributed by atoms with Crippen molar-refractivity contribution in [2.24, 2.45) is 0 Å². The maximum absolute atomic E-state index is 13.9. The predicted octanol–water partition coefficient (Wildman–Crippen LogP) is 9.63. The lowest BCUT2D eigenvalue weighted by Crippen LogP contribution is -2.67. The summed E-state index contributed by atoms with van der Waals surface area (Å²) in [6, 6.07) is 17.7. The van der Waals surface area contributed by atoms with E-state index in [-0.39, 0.29) is 6.61 Å². The van der Waals surface area contributed by atoms with E-state index in [2.05, 4.69) is 26.5 Å². The van der Waals surface area contributed by atoms with Gasteiger partial charge in [-0.15, -0.1) is 4.84 Å². The van der Waals surface area contributed by atoms with Crippen LogP contribution in [0.3, 0.4) is 0 Å². The number of amides is 1. The summed E-state index contributed by atoms with van der Waals surface area (Å²) < 4.78 is 11.7. The van der Waals surface area contributed by atoms with Crippen LogP contribution in [0.15, 0.2) is 61.2 Å². The molecule has 39 heavy (non-hydrogen) atoms. The van der Waals surface area contributed by atoms with Crippen LogP contribution in [0.5, 0.6) is 5.75 Å². The molecule has 0 fully saturated rings. The molecule has 1 amide bonds. The van der Waals surface area contributed by atoms with Gasteiger partial charge in [0, 0.05) is 18.9 Å². The van der Waals surface area contributed by atoms with Gasteiger partial charge in [0.15, 0.2) is 5.54 Å². The number of hydrogen-bond donors (Lipinski definition) is 0. The number of hydrogen-bond acceptors (Lipinski definition) is 4. The Labute approximate surface area is 237 Å². The van der Waals surface area contributed by atoms with Gasteiger partial charge < -0.3 is 9.47 Å². The molecule has 0 saturated carbocycles. The molecule has 2 aromatic rings. The van der Waals surface area contributed by atoms with E-state index in [1.165, 1.54) is 25.7 Å². The van der Waals surface area contributed by atoms with E-state index in [9.17, 15) is 4.79 Å². The van der Waals surface area contributed by atoms with Crippen LogP contribution in [0.2, 0.25) is 0 Å².